The first-order valence-corrected chi connectivity index (χ1v) is 12.3. The minimum absolute atomic E-state index is 0.0648. The number of rotatable bonds is 10. The first-order chi connectivity index (χ1) is 17.4. The van der Waals surface area contributed by atoms with E-state index < -0.39 is 6.10 Å². The highest BCUT2D eigenvalue weighted by Crippen LogP contribution is 2.30. The molecule has 0 spiro atoms. The lowest BCUT2D eigenvalue weighted by atomic mass is 9.94. The molecule has 0 bridgehead atoms. The van der Waals surface area contributed by atoms with Gasteiger partial charge in [-0.2, -0.15) is 5.10 Å². The van der Waals surface area contributed by atoms with Gasteiger partial charge in [0.05, 0.1) is 29.1 Å². The topological polar surface area (TPSA) is 97.1 Å². The largest absolute Gasteiger partial charge is 0.393 e. The first kappa shape index (κ1) is 25.3. The number of Topliss-reactive ketones (excluding diaryl/α,β-unsaturated/α-hetero) is 1. The van der Waals surface area contributed by atoms with Crippen LogP contribution < -0.4 is 5.32 Å². The summed E-state index contributed by atoms with van der Waals surface area (Å²) in [4.78, 5) is 31.0. The van der Waals surface area contributed by atoms with Crippen LogP contribution in [0.15, 0.2) is 60.9 Å². The summed E-state index contributed by atoms with van der Waals surface area (Å²) in [6.07, 6.45) is 4.82. The zero-order valence-corrected chi connectivity index (χ0v) is 21.0. The number of benzene rings is 2. The van der Waals surface area contributed by atoms with Crippen LogP contribution in [0.2, 0.25) is 0 Å². The SMILES string of the molecule is CC[C@@H](O)CCC(=O)Cc1ccc2nc(-c3ccccc3)c(C)c(C(=O)NCc3cnn(C)c3)c2c1. The number of amides is 1. The van der Waals surface area contributed by atoms with Gasteiger partial charge >= 0.3 is 0 Å². The number of ketones is 1. The van der Waals surface area contributed by atoms with E-state index in [1.54, 1.807) is 10.9 Å². The number of fused-ring (bicyclic) bond motifs is 1. The number of carbonyl (C=O) groups excluding carboxylic acids is 2. The van der Waals surface area contributed by atoms with Crippen LogP contribution >= 0.6 is 0 Å². The molecule has 2 aromatic heterocycles. The molecule has 0 aliphatic rings. The third-order valence-electron chi connectivity index (χ3n) is 6.41. The smallest absolute Gasteiger partial charge is 0.252 e. The number of aryl methyl sites for hydroxylation is 1. The Morgan fingerprint density at radius 2 is 1.89 bits per heavy atom. The van der Waals surface area contributed by atoms with E-state index in [0.29, 0.717) is 36.9 Å². The quantitative estimate of drug-likeness (QED) is 0.345. The average molecular weight is 485 g/mol. The second kappa shape index (κ2) is 11.3. The van der Waals surface area contributed by atoms with E-state index in [9.17, 15) is 14.7 Å². The van der Waals surface area contributed by atoms with Gasteiger partial charge in [-0.15, -0.1) is 0 Å². The van der Waals surface area contributed by atoms with E-state index in [1.165, 1.54) is 0 Å². The van der Waals surface area contributed by atoms with Crippen molar-refractivity contribution in [3.05, 3.63) is 83.2 Å². The lowest BCUT2D eigenvalue weighted by Gasteiger charge is -2.16. The van der Waals surface area contributed by atoms with Gasteiger partial charge in [-0.3, -0.25) is 14.3 Å². The van der Waals surface area contributed by atoms with Crippen LogP contribution in [-0.2, 0) is 24.8 Å². The van der Waals surface area contributed by atoms with E-state index in [1.807, 2.05) is 75.6 Å². The molecule has 4 rings (SSSR count). The Morgan fingerprint density at radius 3 is 2.58 bits per heavy atom. The second-order valence-corrected chi connectivity index (χ2v) is 9.20. The molecule has 1 atom stereocenters. The van der Waals surface area contributed by atoms with Crippen molar-refractivity contribution in [1.82, 2.24) is 20.1 Å². The van der Waals surface area contributed by atoms with Gasteiger partial charge in [-0.1, -0.05) is 43.3 Å². The molecule has 0 saturated carbocycles. The van der Waals surface area contributed by atoms with E-state index in [0.717, 1.165) is 33.3 Å². The predicted molar refractivity (Wildman–Crippen MR) is 141 cm³/mol. The highest BCUT2D eigenvalue weighted by molar-refractivity contribution is 6.09. The first-order valence-electron chi connectivity index (χ1n) is 12.3. The van der Waals surface area contributed by atoms with Gasteiger partial charge in [0.2, 0.25) is 0 Å². The molecule has 7 nitrogen and oxygen atoms in total. The van der Waals surface area contributed by atoms with Crippen molar-refractivity contribution in [3.63, 3.8) is 0 Å². The number of hydrogen-bond acceptors (Lipinski definition) is 5. The minimum Gasteiger partial charge on any atom is -0.393 e. The highest BCUT2D eigenvalue weighted by Gasteiger charge is 2.20. The van der Waals surface area contributed by atoms with Crippen molar-refractivity contribution >= 4 is 22.6 Å². The molecule has 7 heteroatoms. The summed E-state index contributed by atoms with van der Waals surface area (Å²) in [5, 5.41) is 17.7. The Hall–Kier alpha value is -3.84. The van der Waals surface area contributed by atoms with Crippen LogP contribution in [0.25, 0.3) is 22.2 Å². The average Bonchev–Trinajstić information content (AvgIpc) is 3.31. The number of aromatic nitrogens is 3. The maximum atomic E-state index is 13.5. The van der Waals surface area contributed by atoms with Gasteiger partial charge in [-0.05, 0) is 43.0 Å². The number of nitrogens with zero attached hydrogens (tertiary/aromatic N) is 3. The molecule has 36 heavy (non-hydrogen) atoms. The Balaban J connectivity index is 1.70. The van der Waals surface area contributed by atoms with Crippen molar-refractivity contribution in [1.29, 1.82) is 0 Å². The molecule has 0 aliphatic heterocycles. The standard InChI is InChI=1S/C29H32N4O3/c1-4-23(34)11-12-24(35)14-20-10-13-26-25(15-20)27(29(36)30-16-21-17-31-33(3)18-21)19(2)28(32-26)22-8-6-5-7-9-22/h5-10,13,15,17-18,23,34H,4,11-12,14,16H2,1-3H3,(H,30,36)/t23-/m1/s1. The van der Waals surface area contributed by atoms with Crippen LogP contribution in [0.5, 0.6) is 0 Å². The number of hydrogen-bond donors (Lipinski definition) is 2. The van der Waals surface area contributed by atoms with Crippen LogP contribution in [0.3, 0.4) is 0 Å². The molecule has 0 radical (unpaired) electrons. The van der Waals surface area contributed by atoms with Crippen molar-refractivity contribution in [2.75, 3.05) is 0 Å². The van der Waals surface area contributed by atoms with E-state index in [4.69, 9.17) is 4.98 Å². The molecule has 2 heterocycles. The molecule has 0 aliphatic carbocycles. The maximum absolute atomic E-state index is 13.5. The predicted octanol–water partition coefficient (Wildman–Crippen LogP) is 4.54. The summed E-state index contributed by atoms with van der Waals surface area (Å²) >= 11 is 0. The number of carbonyl (C=O) groups is 2. The number of aliphatic hydroxyl groups is 1. The minimum atomic E-state index is -0.455. The zero-order valence-electron chi connectivity index (χ0n) is 21.0. The van der Waals surface area contributed by atoms with Crippen LogP contribution in [0, 0.1) is 6.92 Å². The highest BCUT2D eigenvalue weighted by atomic mass is 16.3. The molecule has 186 valence electrons. The van der Waals surface area contributed by atoms with Crippen LogP contribution in [-0.4, -0.2) is 37.7 Å². The Bertz CT molecular complexity index is 1380. The van der Waals surface area contributed by atoms with Crippen LogP contribution in [0.1, 0.15) is 53.2 Å². The second-order valence-electron chi connectivity index (χ2n) is 9.20. The fourth-order valence-corrected chi connectivity index (χ4v) is 4.37. The maximum Gasteiger partial charge on any atom is 0.252 e. The molecule has 4 aromatic rings. The number of nitrogens with one attached hydrogen (secondary N) is 1. The Labute approximate surface area is 211 Å². The van der Waals surface area contributed by atoms with Crippen molar-refractivity contribution in [2.45, 2.75) is 52.2 Å². The fourth-order valence-electron chi connectivity index (χ4n) is 4.37. The summed E-state index contributed by atoms with van der Waals surface area (Å²) in [7, 11) is 1.84. The van der Waals surface area contributed by atoms with Crippen LogP contribution in [0.4, 0.5) is 0 Å². The summed E-state index contributed by atoms with van der Waals surface area (Å²) in [5.74, 6) is -0.134. The zero-order chi connectivity index (χ0) is 25.7. The van der Waals surface area contributed by atoms with E-state index >= 15 is 0 Å². The molecule has 0 saturated heterocycles. The lowest BCUT2D eigenvalue weighted by Crippen LogP contribution is -2.24. The normalized spacial score (nSPS) is 12.0. The molecule has 0 unspecified atom stereocenters. The Kier molecular flexibility index (Phi) is 7.90. The van der Waals surface area contributed by atoms with Gasteiger partial charge in [0, 0.05) is 49.1 Å². The molecular formula is C29H32N4O3. The summed E-state index contributed by atoms with van der Waals surface area (Å²) in [5.41, 5.74) is 5.46. The molecule has 2 N–H and O–H groups in total. The van der Waals surface area contributed by atoms with Crippen molar-refractivity contribution in [3.8, 4) is 11.3 Å². The summed E-state index contributed by atoms with van der Waals surface area (Å²) in [6.45, 7) is 4.17. The van der Waals surface area contributed by atoms with Crippen molar-refractivity contribution < 1.29 is 14.7 Å². The van der Waals surface area contributed by atoms with Gasteiger partial charge in [-0.25, -0.2) is 4.98 Å². The number of aliphatic hydroxyl groups excluding tert-OH is 1. The van der Waals surface area contributed by atoms with E-state index in [2.05, 4.69) is 10.4 Å². The third kappa shape index (κ3) is 5.86. The monoisotopic (exact) mass is 484 g/mol. The summed E-state index contributed by atoms with van der Waals surface area (Å²) in [6, 6.07) is 15.5. The summed E-state index contributed by atoms with van der Waals surface area (Å²) < 4.78 is 1.70. The molecule has 0 fully saturated rings. The fraction of sp³-hybridized carbons (Fsp3) is 0.310. The molecular weight excluding hydrogens is 452 g/mol. The molecule has 2 aromatic carbocycles. The van der Waals surface area contributed by atoms with Gasteiger partial charge in [0.25, 0.3) is 5.91 Å². The Morgan fingerprint density at radius 1 is 1.11 bits per heavy atom. The van der Waals surface area contributed by atoms with Crippen molar-refractivity contribution in [2.24, 2.45) is 7.05 Å². The lowest BCUT2D eigenvalue weighted by molar-refractivity contribution is -0.119. The van der Waals surface area contributed by atoms with Gasteiger partial charge < -0.3 is 10.4 Å². The third-order valence-corrected chi connectivity index (χ3v) is 6.41. The van der Waals surface area contributed by atoms with E-state index in [-0.39, 0.29) is 18.1 Å². The number of pyridine rings is 1. The molecule has 1 amide bonds. The van der Waals surface area contributed by atoms with Gasteiger partial charge in [0.15, 0.2) is 0 Å². The van der Waals surface area contributed by atoms with Gasteiger partial charge in [0.1, 0.15) is 5.78 Å².